The largest absolute Gasteiger partial charge is 0.457 e. The Balaban J connectivity index is 2.62. The number of furan rings is 1. The number of halogens is 2. The van der Waals surface area contributed by atoms with Gasteiger partial charge < -0.3 is 10.2 Å². The van der Waals surface area contributed by atoms with Crippen molar-refractivity contribution in [2.75, 3.05) is 0 Å². The molecule has 0 aliphatic rings. The van der Waals surface area contributed by atoms with E-state index in [9.17, 15) is 4.79 Å². The molecular formula is C9H7Cl2N3O2. The monoisotopic (exact) mass is 259 g/mol. The summed E-state index contributed by atoms with van der Waals surface area (Å²) in [7, 11) is 1.70. The van der Waals surface area contributed by atoms with Crippen LogP contribution in [0.4, 0.5) is 0 Å². The number of carbonyl (C=O) groups is 1. The first-order valence-corrected chi connectivity index (χ1v) is 5.02. The molecule has 0 aromatic carbocycles. The molecule has 0 aliphatic carbocycles. The molecule has 0 saturated heterocycles. The van der Waals surface area contributed by atoms with Gasteiger partial charge in [0.05, 0.1) is 22.5 Å². The minimum absolute atomic E-state index is 0.0890. The summed E-state index contributed by atoms with van der Waals surface area (Å²) in [6.45, 7) is 0. The summed E-state index contributed by atoms with van der Waals surface area (Å²) >= 11 is 11.9. The van der Waals surface area contributed by atoms with Gasteiger partial charge in [-0.3, -0.25) is 9.48 Å². The summed E-state index contributed by atoms with van der Waals surface area (Å²) < 4.78 is 6.52. The second kappa shape index (κ2) is 3.84. The number of amides is 1. The number of nitrogens with zero attached hydrogens (tertiary/aromatic N) is 2. The van der Waals surface area contributed by atoms with Crippen LogP contribution in [0.3, 0.4) is 0 Å². The Hall–Kier alpha value is -1.46. The fourth-order valence-electron chi connectivity index (χ4n) is 1.38. The number of hydrogen-bond acceptors (Lipinski definition) is 3. The molecule has 5 nitrogen and oxygen atoms in total. The number of nitrogens with two attached hydrogens (primary N) is 1. The maximum atomic E-state index is 11.0. The van der Waals surface area contributed by atoms with Gasteiger partial charge in [-0.1, -0.05) is 23.2 Å². The van der Waals surface area contributed by atoms with Gasteiger partial charge in [-0.25, -0.2) is 0 Å². The Morgan fingerprint density at radius 2 is 2.25 bits per heavy atom. The Bertz CT molecular complexity index is 540. The number of hydrogen-bond donors (Lipinski definition) is 1. The molecule has 2 heterocycles. The van der Waals surface area contributed by atoms with E-state index < -0.39 is 5.91 Å². The van der Waals surface area contributed by atoms with E-state index in [1.54, 1.807) is 7.05 Å². The highest BCUT2D eigenvalue weighted by atomic mass is 35.5. The third-order valence-electron chi connectivity index (χ3n) is 2.10. The van der Waals surface area contributed by atoms with Crippen LogP contribution < -0.4 is 5.73 Å². The molecule has 2 N–H and O–H groups in total. The molecule has 0 aliphatic heterocycles. The highest BCUT2D eigenvalue weighted by Crippen LogP contribution is 2.35. The highest BCUT2D eigenvalue weighted by molar-refractivity contribution is 6.37. The van der Waals surface area contributed by atoms with Gasteiger partial charge in [-0.05, 0) is 0 Å². The normalized spacial score (nSPS) is 10.7. The summed E-state index contributed by atoms with van der Waals surface area (Å²) in [5, 5.41) is 4.51. The molecule has 0 fully saturated rings. The third kappa shape index (κ3) is 1.58. The zero-order valence-corrected chi connectivity index (χ0v) is 9.71. The van der Waals surface area contributed by atoms with Crippen LogP contribution in [0.2, 0.25) is 10.0 Å². The molecular weight excluding hydrogens is 253 g/mol. The van der Waals surface area contributed by atoms with Gasteiger partial charge in [0, 0.05) is 7.05 Å². The number of rotatable bonds is 2. The van der Waals surface area contributed by atoms with E-state index in [1.165, 1.54) is 17.1 Å². The summed E-state index contributed by atoms with van der Waals surface area (Å²) in [5.41, 5.74) is 6.14. The molecule has 0 radical (unpaired) electrons. The quantitative estimate of drug-likeness (QED) is 0.898. The molecule has 84 valence electrons. The zero-order chi connectivity index (χ0) is 11.9. The van der Waals surface area contributed by atoms with E-state index >= 15 is 0 Å². The van der Waals surface area contributed by atoms with Crippen LogP contribution in [-0.2, 0) is 7.05 Å². The topological polar surface area (TPSA) is 74.1 Å². The van der Waals surface area contributed by atoms with Gasteiger partial charge in [-0.2, -0.15) is 5.10 Å². The average Bonchev–Trinajstić information content (AvgIpc) is 2.71. The van der Waals surface area contributed by atoms with Crippen molar-refractivity contribution in [2.24, 2.45) is 12.8 Å². The number of primary amides is 1. The first-order valence-electron chi connectivity index (χ1n) is 4.27. The molecule has 2 rings (SSSR count). The fourth-order valence-corrected chi connectivity index (χ4v) is 1.92. The Kier molecular flexibility index (Phi) is 2.65. The van der Waals surface area contributed by atoms with Gasteiger partial charge in [0.25, 0.3) is 5.91 Å². The summed E-state index contributed by atoms with van der Waals surface area (Å²) in [6.07, 6.45) is 2.80. The minimum atomic E-state index is -0.727. The Morgan fingerprint density at radius 3 is 2.69 bits per heavy atom. The Morgan fingerprint density at radius 1 is 1.56 bits per heavy atom. The maximum Gasteiger partial charge on any atom is 0.286 e. The second-order valence-corrected chi connectivity index (χ2v) is 3.91. The lowest BCUT2D eigenvalue weighted by atomic mass is 10.2. The van der Waals surface area contributed by atoms with E-state index in [2.05, 4.69) is 5.10 Å². The molecule has 2 aromatic heterocycles. The standard InChI is InChI=1S/C9H7Cl2N3O2/c1-14-7(5(10)2-13-14)4-3-16-8(6(4)11)9(12)15/h2-3H,1H3,(H2,12,15). The van der Waals surface area contributed by atoms with Crippen LogP contribution in [0.5, 0.6) is 0 Å². The van der Waals surface area contributed by atoms with Crippen LogP contribution in [0.15, 0.2) is 16.9 Å². The SMILES string of the molecule is Cn1ncc(Cl)c1-c1coc(C(N)=O)c1Cl. The van der Waals surface area contributed by atoms with Gasteiger partial charge in [0.2, 0.25) is 5.76 Å². The van der Waals surface area contributed by atoms with Crippen molar-refractivity contribution in [3.05, 3.63) is 28.3 Å². The lowest BCUT2D eigenvalue weighted by Crippen LogP contribution is -2.10. The van der Waals surface area contributed by atoms with Crippen molar-refractivity contribution >= 4 is 29.1 Å². The van der Waals surface area contributed by atoms with Crippen molar-refractivity contribution in [2.45, 2.75) is 0 Å². The van der Waals surface area contributed by atoms with Crippen molar-refractivity contribution < 1.29 is 9.21 Å². The van der Waals surface area contributed by atoms with Crippen LogP contribution in [-0.4, -0.2) is 15.7 Å². The van der Waals surface area contributed by atoms with Crippen molar-refractivity contribution in [1.29, 1.82) is 0 Å². The first kappa shape index (κ1) is 11.0. The molecule has 1 amide bonds. The van der Waals surface area contributed by atoms with Gasteiger partial charge in [-0.15, -0.1) is 0 Å². The molecule has 0 bridgehead atoms. The van der Waals surface area contributed by atoms with Crippen molar-refractivity contribution in [3.8, 4) is 11.3 Å². The smallest absolute Gasteiger partial charge is 0.286 e. The molecule has 0 atom stereocenters. The van der Waals surface area contributed by atoms with E-state index in [0.717, 1.165) is 0 Å². The summed E-state index contributed by atoms with van der Waals surface area (Å²) in [4.78, 5) is 11.0. The fraction of sp³-hybridized carbons (Fsp3) is 0.111. The predicted octanol–water partition coefficient (Wildman–Crippen LogP) is 2.09. The second-order valence-electron chi connectivity index (χ2n) is 3.12. The van der Waals surface area contributed by atoms with Crippen molar-refractivity contribution in [3.63, 3.8) is 0 Å². The predicted molar refractivity (Wildman–Crippen MR) is 59.4 cm³/mol. The number of aromatic nitrogens is 2. The van der Waals surface area contributed by atoms with Crippen LogP contribution in [0.1, 0.15) is 10.6 Å². The molecule has 2 aromatic rings. The molecule has 0 unspecified atom stereocenters. The minimum Gasteiger partial charge on any atom is -0.457 e. The van der Waals surface area contributed by atoms with Gasteiger partial charge in [0.1, 0.15) is 11.3 Å². The molecule has 0 saturated carbocycles. The lowest BCUT2D eigenvalue weighted by molar-refractivity contribution is 0.0974. The number of aryl methyl sites for hydroxylation is 1. The highest BCUT2D eigenvalue weighted by Gasteiger charge is 2.21. The van der Waals surface area contributed by atoms with Crippen LogP contribution >= 0.6 is 23.2 Å². The van der Waals surface area contributed by atoms with E-state index in [1.807, 2.05) is 0 Å². The van der Waals surface area contributed by atoms with Crippen molar-refractivity contribution in [1.82, 2.24) is 9.78 Å². The Labute approximate surface area is 101 Å². The summed E-state index contributed by atoms with van der Waals surface area (Å²) in [6, 6.07) is 0. The molecule has 16 heavy (non-hydrogen) atoms. The van der Waals surface area contributed by atoms with E-state index in [-0.39, 0.29) is 10.8 Å². The molecule has 0 spiro atoms. The number of carbonyl (C=O) groups excluding carboxylic acids is 1. The third-order valence-corrected chi connectivity index (χ3v) is 2.76. The summed E-state index contributed by atoms with van der Waals surface area (Å²) in [5.74, 6) is -0.816. The van der Waals surface area contributed by atoms with Crippen LogP contribution in [0, 0.1) is 0 Å². The van der Waals surface area contributed by atoms with E-state index in [0.29, 0.717) is 16.3 Å². The van der Waals surface area contributed by atoms with Gasteiger partial charge >= 0.3 is 0 Å². The average molecular weight is 260 g/mol. The maximum absolute atomic E-state index is 11.0. The zero-order valence-electron chi connectivity index (χ0n) is 8.20. The van der Waals surface area contributed by atoms with Crippen LogP contribution in [0.25, 0.3) is 11.3 Å². The van der Waals surface area contributed by atoms with E-state index in [4.69, 9.17) is 33.4 Å². The van der Waals surface area contributed by atoms with Gasteiger partial charge in [0.15, 0.2) is 0 Å². The first-order chi connectivity index (χ1) is 7.52. The molecule has 7 heteroatoms. The lowest BCUT2D eigenvalue weighted by Gasteiger charge is -1.99.